The summed E-state index contributed by atoms with van der Waals surface area (Å²) in [6.45, 7) is 6.05. The van der Waals surface area contributed by atoms with Gasteiger partial charge >= 0.3 is 5.97 Å². The van der Waals surface area contributed by atoms with E-state index in [1.54, 1.807) is 0 Å². The zero-order valence-corrected chi connectivity index (χ0v) is 13.4. The molecule has 118 valence electrons. The van der Waals surface area contributed by atoms with E-state index in [0.717, 1.165) is 24.4 Å². The SMILES string of the molecule is CCc1nn(CC)c(CN(C)C2COCC2C(=O)O)c1Cl. The molecule has 1 aliphatic heterocycles. The maximum absolute atomic E-state index is 11.3. The molecule has 2 heterocycles. The van der Waals surface area contributed by atoms with Crippen LogP contribution in [0.15, 0.2) is 0 Å². The quantitative estimate of drug-likeness (QED) is 0.864. The Morgan fingerprint density at radius 2 is 2.24 bits per heavy atom. The number of rotatable bonds is 6. The average molecular weight is 316 g/mol. The molecule has 2 atom stereocenters. The average Bonchev–Trinajstić information content (AvgIpc) is 3.05. The van der Waals surface area contributed by atoms with Crippen molar-refractivity contribution in [2.45, 2.75) is 39.4 Å². The van der Waals surface area contributed by atoms with Crippen LogP contribution in [0, 0.1) is 5.92 Å². The predicted octanol–water partition coefficient (Wildman–Crippen LogP) is 1.65. The van der Waals surface area contributed by atoms with Crippen molar-refractivity contribution < 1.29 is 14.6 Å². The third kappa shape index (κ3) is 3.22. The fraction of sp³-hybridized carbons (Fsp3) is 0.714. The second-order valence-electron chi connectivity index (χ2n) is 5.34. The summed E-state index contributed by atoms with van der Waals surface area (Å²) < 4.78 is 7.22. The molecule has 7 heteroatoms. The van der Waals surface area contributed by atoms with Crippen molar-refractivity contribution in [3.63, 3.8) is 0 Å². The van der Waals surface area contributed by atoms with Crippen molar-refractivity contribution in [2.24, 2.45) is 5.92 Å². The number of aryl methyl sites for hydroxylation is 2. The van der Waals surface area contributed by atoms with Crippen molar-refractivity contribution >= 4 is 17.6 Å². The number of carbonyl (C=O) groups is 1. The highest BCUT2D eigenvalue weighted by molar-refractivity contribution is 6.31. The van der Waals surface area contributed by atoms with Crippen LogP contribution in [0.5, 0.6) is 0 Å². The van der Waals surface area contributed by atoms with Crippen LogP contribution < -0.4 is 0 Å². The van der Waals surface area contributed by atoms with Crippen LogP contribution in [-0.4, -0.2) is 52.1 Å². The molecule has 1 aromatic rings. The summed E-state index contributed by atoms with van der Waals surface area (Å²) in [5.74, 6) is -1.30. The number of nitrogens with zero attached hydrogens (tertiary/aromatic N) is 3. The minimum absolute atomic E-state index is 0.135. The number of carboxylic acid groups (broad SMARTS) is 1. The van der Waals surface area contributed by atoms with Gasteiger partial charge in [-0.15, -0.1) is 0 Å². The molecule has 1 N–H and O–H groups in total. The first-order valence-corrected chi connectivity index (χ1v) is 7.62. The lowest BCUT2D eigenvalue weighted by atomic mass is 10.0. The molecular formula is C14H22ClN3O3. The monoisotopic (exact) mass is 315 g/mol. The molecule has 1 aromatic heterocycles. The number of halogens is 1. The highest BCUT2D eigenvalue weighted by Crippen LogP contribution is 2.26. The normalized spacial score (nSPS) is 22.1. The molecule has 0 aliphatic carbocycles. The second-order valence-corrected chi connectivity index (χ2v) is 5.72. The molecule has 0 radical (unpaired) electrons. The first kappa shape index (κ1) is 16.3. The van der Waals surface area contributed by atoms with Gasteiger partial charge in [0.1, 0.15) is 0 Å². The molecule has 2 rings (SSSR count). The standard InChI is InChI=1S/C14H22ClN3O3/c1-4-10-13(15)11(18(5-2)16-10)6-17(3)12-8-21-7-9(12)14(19)20/h9,12H,4-8H2,1-3H3,(H,19,20). The lowest BCUT2D eigenvalue weighted by Crippen LogP contribution is -2.40. The molecular weight excluding hydrogens is 294 g/mol. The molecule has 0 bridgehead atoms. The van der Waals surface area contributed by atoms with Gasteiger partial charge in [0.15, 0.2) is 0 Å². The highest BCUT2D eigenvalue weighted by atomic mass is 35.5. The van der Waals surface area contributed by atoms with Crippen LogP contribution in [0.1, 0.15) is 25.2 Å². The van der Waals surface area contributed by atoms with Gasteiger partial charge in [0, 0.05) is 19.1 Å². The van der Waals surface area contributed by atoms with Gasteiger partial charge in [-0.1, -0.05) is 18.5 Å². The molecule has 0 saturated carbocycles. The van der Waals surface area contributed by atoms with Crippen LogP contribution in [0.3, 0.4) is 0 Å². The molecule has 2 unspecified atom stereocenters. The molecule has 1 fully saturated rings. The first-order chi connectivity index (χ1) is 9.99. The summed E-state index contributed by atoms with van der Waals surface area (Å²) in [7, 11) is 1.91. The maximum Gasteiger partial charge on any atom is 0.310 e. The second kappa shape index (κ2) is 6.77. The Labute approximate surface area is 129 Å². The predicted molar refractivity (Wildman–Crippen MR) is 79.5 cm³/mol. The molecule has 0 spiro atoms. The smallest absolute Gasteiger partial charge is 0.310 e. The summed E-state index contributed by atoms with van der Waals surface area (Å²) >= 11 is 6.40. The van der Waals surface area contributed by atoms with Crippen molar-refractivity contribution in [1.82, 2.24) is 14.7 Å². The number of aromatic nitrogens is 2. The first-order valence-electron chi connectivity index (χ1n) is 7.24. The van der Waals surface area contributed by atoms with E-state index in [4.69, 9.17) is 16.3 Å². The molecule has 1 saturated heterocycles. The van der Waals surface area contributed by atoms with Gasteiger partial charge in [-0.05, 0) is 20.4 Å². The van der Waals surface area contributed by atoms with E-state index in [1.165, 1.54) is 0 Å². The Balaban J connectivity index is 2.17. The van der Waals surface area contributed by atoms with E-state index in [0.29, 0.717) is 18.2 Å². The van der Waals surface area contributed by atoms with Crippen molar-refractivity contribution in [3.8, 4) is 0 Å². The molecule has 6 nitrogen and oxygen atoms in total. The van der Waals surface area contributed by atoms with E-state index in [-0.39, 0.29) is 12.6 Å². The molecule has 1 aliphatic rings. The van der Waals surface area contributed by atoms with Gasteiger partial charge in [-0.3, -0.25) is 14.4 Å². The van der Waals surface area contributed by atoms with Gasteiger partial charge in [0.25, 0.3) is 0 Å². The van der Waals surface area contributed by atoms with E-state index in [9.17, 15) is 9.90 Å². The van der Waals surface area contributed by atoms with Gasteiger partial charge in [-0.25, -0.2) is 0 Å². The lowest BCUT2D eigenvalue weighted by molar-refractivity contribution is -0.143. The number of hydrogen-bond acceptors (Lipinski definition) is 4. The lowest BCUT2D eigenvalue weighted by Gasteiger charge is -2.26. The summed E-state index contributed by atoms with van der Waals surface area (Å²) in [6.07, 6.45) is 0.785. The fourth-order valence-corrected chi connectivity index (χ4v) is 3.06. The molecule has 21 heavy (non-hydrogen) atoms. The van der Waals surface area contributed by atoms with Crippen molar-refractivity contribution in [2.75, 3.05) is 20.3 Å². The summed E-state index contributed by atoms with van der Waals surface area (Å²) in [4.78, 5) is 13.3. The fourth-order valence-electron chi connectivity index (χ4n) is 2.74. The number of likely N-dealkylation sites (N-methyl/N-ethyl adjacent to an activating group) is 1. The summed E-state index contributed by atoms with van der Waals surface area (Å²) in [5.41, 5.74) is 1.83. The van der Waals surface area contributed by atoms with E-state index in [2.05, 4.69) is 5.10 Å². The summed E-state index contributed by atoms with van der Waals surface area (Å²) in [5, 5.41) is 14.4. The third-order valence-corrected chi connectivity index (χ3v) is 4.46. The Morgan fingerprint density at radius 1 is 1.52 bits per heavy atom. The van der Waals surface area contributed by atoms with Crippen molar-refractivity contribution in [1.29, 1.82) is 0 Å². The van der Waals surface area contributed by atoms with E-state index >= 15 is 0 Å². The minimum atomic E-state index is -0.811. The Bertz CT molecular complexity index is 518. The summed E-state index contributed by atoms with van der Waals surface area (Å²) in [6, 6.07) is -0.135. The van der Waals surface area contributed by atoms with Crippen molar-refractivity contribution in [3.05, 3.63) is 16.4 Å². The third-order valence-electron chi connectivity index (χ3n) is 4.03. The topological polar surface area (TPSA) is 67.6 Å². The zero-order valence-electron chi connectivity index (χ0n) is 12.7. The highest BCUT2D eigenvalue weighted by Gasteiger charge is 2.37. The number of hydrogen-bond donors (Lipinski definition) is 1. The number of ether oxygens (including phenoxy) is 1. The van der Waals surface area contributed by atoms with Gasteiger partial charge in [0.2, 0.25) is 0 Å². The van der Waals surface area contributed by atoms with Crippen LogP contribution in [0.4, 0.5) is 0 Å². The van der Waals surface area contributed by atoms with Crippen LogP contribution in [0.2, 0.25) is 5.02 Å². The van der Waals surface area contributed by atoms with Crippen LogP contribution in [-0.2, 0) is 29.0 Å². The molecule has 0 amide bonds. The zero-order chi connectivity index (χ0) is 15.6. The van der Waals surface area contributed by atoms with Crippen LogP contribution >= 0.6 is 11.6 Å². The number of aliphatic carboxylic acids is 1. The molecule has 0 aromatic carbocycles. The Hall–Kier alpha value is -1.11. The Kier molecular flexibility index (Phi) is 5.24. The minimum Gasteiger partial charge on any atom is -0.481 e. The van der Waals surface area contributed by atoms with Gasteiger partial charge in [-0.2, -0.15) is 5.10 Å². The van der Waals surface area contributed by atoms with Gasteiger partial charge in [0.05, 0.1) is 35.5 Å². The van der Waals surface area contributed by atoms with E-state index in [1.807, 2.05) is 30.5 Å². The van der Waals surface area contributed by atoms with Crippen LogP contribution in [0.25, 0.3) is 0 Å². The van der Waals surface area contributed by atoms with Gasteiger partial charge < -0.3 is 9.84 Å². The van der Waals surface area contributed by atoms with E-state index < -0.39 is 11.9 Å². The Morgan fingerprint density at radius 3 is 2.81 bits per heavy atom. The maximum atomic E-state index is 11.3. The largest absolute Gasteiger partial charge is 0.481 e. The number of carboxylic acids is 1.